The largest absolute Gasteiger partial charge is 0.449 e. The SMILES string of the molecule is Cc1nnc(SCc2c(C(=O)Oc3ccc([N+](=O)[O-])c(C)c3)oc3ccccc23)s1. The molecule has 4 rings (SSSR count). The number of nitro benzene ring substituents is 1. The van der Waals surface area contributed by atoms with Gasteiger partial charge in [-0.15, -0.1) is 10.2 Å². The van der Waals surface area contributed by atoms with E-state index in [-0.39, 0.29) is 17.2 Å². The summed E-state index contributed by atoms with van der Waals surface area (Å²) in [6.07, 6.45) is 0. The van der Waals surface area contributed by atoms with Gasteiger partial charge in [0.2, 0.25) is 5.76 Å². The minimum atomic E-state index is -0.663. The number of para-hydroxylation sites is 1. The van der Waals surface area contributed by atoms with Gasteiger partial charge in [-0.3, -0.25) is 10.1 Å². The summed E-state index contributed by atoms with van der Waals surface area (Å²) in [4.78, 5) is 23.4. The monoisotopic (exact) mass is 441 g/mol. The molecule has 0 saturated carbocycles. The highest BCUT2D eigenvalue weighted by atomic mass is 32.2. The number of ether oxygens (including phenoxy) is 1. The molecule has 2 aromatic carbocycles. The standard InChI is InChI=1S/C20H15N3O5S2/c1-11-9-13(7-8-16(11)23(25)26)27-19(24)18-15(10-29-20-22-21-12(2)30-20)14-5-3-4-6-17(14)28-18/h3-9H,10H2,1-2H3. The van der Waals surface area contributed by atoms with Crippen LogP contribution in [-0.4, -0.2) is 21.1 Å². The Morgan fingerprint density at radius 3 is 2.73 bits per heavy atom. The fraction of sp³-hybridized carbons (Fsp3) is 0.150. The minimum absolute atomic E-state index is 0.0389. The highest BCUT2D eigenvalue weighted by Gasteiger charge is 2.23. The van der Waals surface area contributed by atoms with E-state index in [0.29, 0.717) is 22.5 Å². The van der Waals surface area contributed by atoms with Crippen LogP contribution in [0.3, 0.4) is 0 Å². The van der Waals surface area contributed by atoms with E-state index in [9.17, 15) is 14.9 Å². The molecule has 0 aliphatic carbocycles. The Hall–Kier alpha value is -3.24. The molecule has 30 heavy (non-hydrogen) atoms. The van der Waals surface area contributed by atoms with Crippen molar-refractivity contribution in [3.05, 3.63) is 74.5 Å². The number of furan rings is 1. The predicted octanol–water partition coefficient (Wildman–Crippen LogP) is 5.32. The lowest BCUT2D eigenvalue weighted by atomic mass is 10.1. The first-order valence-electron chi connectivity index (χ1n) is 8.83. The highest BCUT2D eigenvalue weighted by Crippen LogP contribution is 2.34. The van der Waals surface area contributed by atoms with Crippen LogP contribution in [0.2, 0.25) is 0 Å². The van der Waals surface area contributed by atoms with E-state index < -0.39 is 10.9 Å². The van der Waals surface area contributed by atoms with Crippen LogP contribution in [0.5, 0.6) is 5.75 Å². The molecule has 0 aliphatic heterocycles. The van der Waals surface area contributed by atoms with Crippen molar-refractivity contribution in [3.63, 3.8) is 0 Å². The van der Waals surface area contributed by atoms with Crippen LogP contribution in [0.4, 0.5) is 5.69 Å². The second kappa shape index (κ2) is 8.25. The van der Waals surface area contributed by atoms with Gasteiger partial charge < -0.3 is 9.15 Å². The van der Waals surface area contributed by atoms with Crippen molar-refractivity contribution in [2.24, 2.45) is 0 Å². The lowest BCUT2D eigenvalue weighted by molar-refractivity contribution is -0.385. The Morgan fingerprint density at radius 1 is 1.23 bits per heavy atom. The van der Waals surface area contributed by atoms with E-state index in [4.69, 9.17) is 9.15 Å². The molecule has 0 radical (unpaired) electrons. The van der Waals surface area contributed by atoms with Crippen molar-refractivity contribution in [1.82, 2.24) is 10.2 Å². The van der Waals surface area contributed by atoms with Gasteiger partial charge in [0.1, 0.15) is 16.3 Å². The first-order valence-corrected chi connectivity index (χ1v) is 10.6. The summed E-state index contributed by atoms with van der Waals surface area (Å²) in [5.41, 5.74) is 1.64. The lowest BCUT2D eigenvalue weighted by Crippen LogP contribution is -2.10. The highest BCUT2D eigenvalue weighted by molar-refractivity contribution is 8.00. The Kier molecular flexibility index (Phi) is 5.51. The Labute approximate surface area is 179 Å². The summed E-state index contributed by atoms with van der Waals surface area (Å²) in [5, 5.41) is 20.8. The summed E-state index contributed by atoms with van der Waals surface area (Å²) in [7, 11) is 0. The molecule has 4 aromatic rings. The molecule has 0 saturated heterocycles. The number of benzene rings is 2. The van der Waals surface area contributed by atoms with Gasteiger partial charge in [0.25, 0.3) is 5.69 Å². The number of hydrogen-bond donors (Lipinski definition) is 0. The summed E-state index contributed by atoms with van der Waals surface area (Å²) in [6, 6.07) is 11.5. The third-order valence-corrected chi connectivity index (χ3v) is 6.31. The first-order chi connectivity index (χ1) is 14.4. The van der Waals surface area contributed by atoms with Crippen molar-refractivity contribution in [2.75, 3.05) is 0 Å². The topological polar surface area (TPSA) is 108 Å². The Morgan fingerprint density at radius 2 is 2.03 bits per heavy atom. The zero-order valence-corrected chi connectivity index (χ0v) is 17.6. The van der Waals surface area contributed by atoms with Gasteiger partial charge in [0.05, 0.1) is 4.92 Å². The maximum Gasteiger partial charge on any atom is 0.379 e. The normalized spacial score (nSPS) is 11.0. The minimum Gasteiger partial charge on any atom is -0.449 e. The van der Waals surface area contributed by atoms with E-state index in [1.54, 1.807) is 13.0 Å². The zero-order valence-electron chi connectivity index (χ0n) is 15.9. The number of aryl methyl sites for hydroxylation is 2. The van der Waals surface area contributed by atoms with Gasteiger partial charge >= 0.3 is 5.97 Å². The number of esters is 1. The lowest BCUT2D eigenvalue weighted by Gasteiger charge is -2.05. The van der Waals surface area contributed by atoms with Gasteiger partial charge in [-0.2, -0.15) is 0 Å². The molecule has 0 N–H and O–H groups in total. The fourth-order valence-electron chi connectivity index (χ4n) is 2.93. The van der Waals surface area contributed by atoms with Crippen molar-refractivity contribution < 1.29 is 18.9 Å². The molecule has 0 unspecified atom stereocenters. The van der Waals surface area contributed by atoms with Crippen molar-refractivity contribution in [3.8, 4) is 5.75 Å². The van der Waals surface area contributed by atoms with E-state index in [1.807, 2.05) is 25.1 Å². The van der Waals surface area contributed by atoms with Gasteiger partial charge in [0.15, 0.2) is 4.34 Å². The smallest absolute Gasteiger partial charge is 0.379 e. The molecule has 0 fully saturated rings. The Balaban J connectivity index is 1.63. The second-order valence-electron chi connectivity index (χ2n) is 6.38. The molecule has 10 heteroatoms. The molecule has 8 nitrogen and oxygen atoms in total. The quantitative estimate of drug-likeness (QED) is 0.130. The maximum absolute atomic E-state index is 12.9. The predicted molar refractivity (Wildman–Crippen MR) is 113 cm³/mol. The number of hydrogen-bond acceptors (Lipinski definition) is 9. The van der Waals surface area contributed by atoms with Crippen molar-refractivity contribution in [1.29, 1.82) is 0 Å². The van der Waals surface area contributed by atoms with Crippen LogP contribution in [-0.2, 0) is 5.75 Å². The van der Waals surface area contributed by atoms with E-state index in [2.05, 4.69) is 10.2 Å². The third-order valence-electron chi connectivity index (χ3n) is 4.31. The van der Waals surface area contributed by atoms with Crippen LogP contribution in [0, 0.1) is 24.0 Å². The van der Waals surface area contributed by atoms with Crippen LogP contribution >= 0.6 is 23.1 Å². The van der Waals surface area contributed by atoms with Gasteiger partial charge in [-0.25, -0.2) is 4.79 Å². The molecule has 0 amide bonds. The van der Waals surface area contributed by atoms with Crippen LogP contribution in [0.15, 0.2) is 51.2 Å². The molecule has 0 aliphatic rings. The van der Waals surface area contributed by atoms with Crippen LogP contribution in [0.1, 0.15) is 26.7 Å². The number of rotatable bonds is 6. The van der Waals surface area contributed by atoms with Gasteiger partial charge in [-0.05, 0) is 32.0 Å². The molecule has 0 bridgehead atoms. The number of thioether (sulfide) groups is 1. The number of aromatic nitrogens is 2. The molecular formula is C20H15N3O5S2. The number of carbonyl (C=O) groups is 1. The second-order valence-corrected chi connectivity index (χ2v) is 8.78. The number of carbonyl (C=O) groups excluding carboxylic acids is 1. The number of fused-ring (bicyclic) bond motifs is 1. The summed E-state index contributed by atoms with van der Waals surface area (Å²) >= 11 is 2.94. The zero-order chi connectivity index (χ0) is 21.3. The van der Waals surface area contributed by atoms with Crippen LogP contribution in [0.25, 0.3) is 11.0 Å². The van der Waals surface area contributed by atoms with Gasteiger partial charge in [0, 0.05) is 28.3 Å². The summed E-state index contributed by atoms with van der Waals surface area (Å²) in [6.45, 7) is 3.47. The average Bonchev–Trinajstić information content (AvgIpc) is 3.29. The van der Waals surface area contributed by atoms with E-state index >= 15 is 0 Å². The van der Waals surface area contributed by atoms with E-state index in [1.165, 1.54) is 41.3 Å². The van der Waals surface area contributed by atoms with Gasteiger partial charge in [-0.1, -0.05) is 41.3 Å². The van der Waals surface area contributed by atoms with Crippen LogP contribution < -0.4 is 4.74 Å². The average molecular weight is 441 g/mol. The molecule has 0 spiro atoms. The van der Waals surface area contributed by atoms with Crippen molar-refractivity contribution in [2.45, 2.75) is 23.9 Å². The van der Waals surface area contributed by atoms with E-state index in [0.717, 1.165) is 14.7 Å². The maximum atomic E-state index is 12.9. The fourth-order valence-corrected chi connectivity index (χ4v) is 4.77. The molecular weight excluding hydrogens is 426 g/mol. The Bertz CT molecular complexity index is 1260. The van der Waals surface area contributed by atoms with Crippen molar-refractivity contribution >= 4 is 45.7 Å². The summed E-state index contributed by atoms with van der Waals surface area (Å²) < 4.78 is 12.0. The first kappa shape index (κ1) is 20.0. The third kappa shape index (κ3) is 4.05. The molecule has 152 valence electrons. The number of nitrogens with zero attached hydrogens (tertiary/aromatic N) is 3. The molecule has 0 atom stereocenters. The summed E-state index contributed by atoms with van der Waals surface area (Å²) in [5.74, 6) is 0.0985. The molecule has 2 aromatic heterocycles. The number of nitro groups is 1. The molecule has 2 heterocycles.